The third-order valence-corrected chi connectivity index (χ3v) is 2.58. The summed E-state index contributed by atoms with van der Waals surface area (Å²) in [6, 6.07) is -0.286. The van der Waals surface area contributed by atoms with Crippen LogP contribution in [0.5, 0.6) is 0 Å². The molecule has 0 spiro atoms. The second-order valence-electron chi connectivity index (χ2n) is 5.07. The van der Waals surface area contributed by atoms with Crippen molar-refractivity contribution in [3.63, 3.8) is 0 Å². The summed E-state index contributed by atoms with van der Waals surface area (Å²) in [5.41, 5.74) is -0.186. The molecule has 98 valence electrons. The van der Waals surface area contributed by atoms with E-state index >= 15 is 0 Å². The van der Waals surface area contributed by atoms with E-state index in [0.29, 0.717) is 0 Å². The number of hydrogen-bond acceptors (Lipinski definition) is 2. The van der Waals surface area contributed by atoms with E-state index in [1.807, 2.05) is 20.8 Å². The van der Waals surface area contributed by atoms with Gasteiger partial charge in [0.25, 0.3) is 0 Å². The molecule has 0 aliphatic carbocycles. The molecular formula is C11H22F3NO. The van der Waals surface area contributed by atoms with E-state index in [1.165, 1.54) is 7.11 Å². The lowest BCUT2D eigenvalue weighted by molar-refractivity contribution is -0.139. The van der Waals surface area contributed by atoms with Gasteiger partial charge in [0.05, 0.1) is 6.10 Å². The number of hydrogen-bond donors (Lipinski definition) is 1. The summed E-state index contributed by atoms with van der Waals surface area (Å²) < 4.78 is 41.7. The van der Waals surface area contributed by atoms with Crippen LogP contribution in [0.1, 0.15) is 33.6 Å². The third-order valence-electron chi connectivity index (χ3n) is 2.58. The van der Waals surface area contributed by atoms with Crippen molar-refractivity contribution in [2.24, 2.45) is 5.41 Å². The molecule has 5 heteroatoms. The standard InChI is InChI=1S/C11H22F3NO/c1-10(2,3)9(16-5)8(15-4)6-7-11(12,13)14/h8-9,15H,6-7H2,1-5H3. The number of methoxy groups -OCH3 is 1. The van der Waals surface area contributed by atoms with Crippen molar-refractivity contribution in [1.29, 1.82) is 0 Å². The SMILES string of the molecule is CNC(CCC(F)(F)F)C(OC)C(C)(C)C. The number of halogens is 3. The van der Waals surface area contributed by atoms with Gasteiger partial charge in [0, 0.05) is 19.6 Å². The molecule has 0 rings (SSSR count). The average Bonchev–Trinajstić information content (AvgIpc) is 2.08. The molecule has 0 aliphatic heterocycles. The molecular weight excluding hydrogens is 219 g/mol. The van der Waals surface area contributed by atoms with Crippen LogP contribution in [0.25, 0.3) is 0 Å². The Morgan fingerprint density at radius 3 is 1.94 bits per heavy atom. The molecule has 0 amide bonds. The highest BCUT2D eigenvalue weighted by Crippen LogP contribution is 2.29. The van der Waals surface area contributed by atoms with Gasteiger partial charge in [0.2, 0.25) is 0 Å². The lowest BCUT2D eigenvalue weighted by atomic mass is 9.83. The molecule has 16 heavy (non-hydrogen) atoms. The third kappa shape index (κ3) is 5.70. The van der Waals surface area contributed by atoms with Crippen molar-refractivity contribution in [2.75, 3.05) is 14.2 Å². The van der Waals surface area contributed by atoms with Gasteiger partial charge < -0.3 is 10.1 Å². The molecule has 2 atom stereocenters. The van der Waals surface area contributed by atoms with Crippen LogP contribution in [0.4, 0.5) is 13.2 Å². The molecule has 0 aromatic heterocycles. The summed E-state index contributed by atoms with van der Waals surface area (Å²) in [5, 5.41) is 2.91. The first-order valence-corrected chi connectivity index (χ1v) is 5.38. The number of alkyl halides is 3. The highest BCUT2D eigenvalue weighted by Gasteiger charge is 2.35. The Morgan fingerprint density at radius 2 is 1.69 bits per heavy atom. The van der Waals surface area contributed by atoms with Crippen molar-refractivity contribution >= 4 is 0 Å². The number of likely N-dealkylation sites (N-methyl/N-ethyl adjacent to an activating group) is 1. The maximum absolute atomic E-state index is 12.1. The molecule has 0 saturated carbocycles. The quantitative estimate of drug-likeness (QED) is 0.799. The van der Waals surface area contributed by atoms with Crippen LogP contribution < -0.4 is 5.32 Å². The first-order chi connectivity index (χ1) is 7.11. The van der Waals surface area contributed by atoms with Gasteiger partial charge in [-0.2, -0.15) is 13.2 Å². The van der Waals surface area contributed by atoms with E-state index in [9.17, 15) is 13.2 Å². The van der Waals surface area contributed by atoms with Gasteiger partial charge >= 0.3 is 6.18 Å². The van der Waals surface area contributed by atoms with E-state index in [0.717, 1.165) is 0 Å². The molecule has 2 unspecified atom stereocenters. The summed E-state index contributed by atoms with van der Waals surface area (Å²) in [7, 11) is 3.20. The van der Waals surface area contributed by atoms with Crippen LogP contribution in [0.2, 0.25) is 0 Å². The molecule has 0 bridgehead atoms. The second kappa shape index (κ2) is 5.87. The first-order valence-electron chi connectivity index (χ1n) is 5.38. The predicted molar refractivity (Wildman–Crippen MR) is 58.4 cm³/mol. The molecule has 0 fully saturated rings. The van der Waals surface area contributed by atoms with Gasteiger partial charge in [-0.1, -0.05) is 20.8 Å². The van der Waals surface area contributed by atoms with Crippen LogP contribution in [-0.2, 0) is 4.74 Å². The maximum Gasteiger partial charge on any atom is 0.389 e. The summed E-state index contributed by atoms with van der Waals surface area (Å²) >= 11 is 0. The fourth-order valence-corrected chi connectivity index (χ4v) is 1.89. The highest BCUT2D eigenvalue weighted by molar-refractivity contribution is 4.85. The Hall–Kier alpha value is -0.290. The van der Waals surface area contributed by atoms with Crippen molar-refractivity contribution in [1.82, 2.24) is 5.32 Å². The van der Waals surface area contributed by atoms with E-state index < -0.39 is 12.6 Å². The molecule has 0 aliphatic rings. The summed E-state index contributed by atoms with van der Waals surface area (Å²) in [5.74, 6) is 0. The Kier molecular flexibility index (Phi) is 5.76. The van der Waals surface area contributed by atoms with Crippen molar-refractivity contribution in [3.05, 3.63) is 0 Å². The highest BCUT2D eigenvalue weighted by atomic mass is 19.4. The zero-order chi connectivity index (χ0) is 13.0. The zero-order valence-electron chi connectivity index (χ0n) is 10.6. The minimum Gasteiger partial charge on any atom is -0.379 e. The minimum absolute atomic E-state index is 0.0375. The molecule has 0 saturated heterocycles. The molecule has 0 aromatic rings. The zero-order valence-corrected chi connectivity index (χ0v) is 10.6. The second-order valence-corrected chi connectivity index (χ2v) is 5.07. The molecule has 0 heterocycles. The lowest BCUT2D eigenvalue weighted by Crippen LogP contribution is -2.46. The van der Waals surface area contributed by atoms with Crippen molar-refractivity contribution < 1.29 is 17.9 Å². The Balaban J connectivity index is 4.46. The first kappa shape index (κ1) is 15.7. The molecule has 1 N–H and O–H groups in total. The molecule has 2 nitrogen and oxygen atoms in total. The number of nitrogens with one attached hydrogen (secondary N) is 1. The Labute approximate surface area is 95.5 Å². The monoisotopic (exact) mass is 241 g/mol. The Morgan fingerprint density at radius 1 is 1.19 bits per heavy atom. The predicted octanol–water partition coefficient (Wildman–Crippen LogP) is 2.98. The summed E-state index contributed by atoms with van der Waals surface area (Å²) in [6.45, 7) is 5.87. The average molecular weight is 241 g/mol. The van der Waals surface area contributed by atoms with E-state index in [-0.39, 0.29) is 24.0 Å². The van der Waals surface area contributed by atoms with Gasteiger partial charge in [-0.15, -0.1) is 0 Å². The van der Waals surface area contributed by atoms with Gasteiger partial charge in [-0.3, -0.25) is 0 Å². The molecule has 0 radical (unpaired) electrons. The summed E-state index contributed by atoms with van der Waals surface area (Å²) in [6.07, 6.45) is -5.09. The van der Waals surface area contributed by atoms with Gasteiger partial charge in [-0.05, 0) is 18.9 Å². The summed E-state index contributed by atoms with van der Waals surface area (Å²) in [4.78, 5) is 0. The van der Waals surface area contributed by atoms with Gasteiger partial charge in [-0.25, -0.2) is 0 Å². The largest absolute Gasteiger partial charge is 0.389 e. The van der Waals surface area contributed by atoms with Crippen LogP contribution >= 0.6 is 0 Å². The fourth-order valence-electron chi connectivity index (χ4n) is 1.89. The van der Waals surface area contributed by atoms with Crippen LogP contribution in [-0.4, -0.2) is 32.5 Å². The maximum atomic E-state index is 12.1. The van der Waals surface area contributed by atoms with E-state index in [2.05, 4.69) is 5.32 Å². The molecule has 0 aromatic carbocycles. The van der Waals surface area contributed by atoms with Crippen LogP contribution in [0.3, 0.4) is 0 Å². The van der Waals surface area contributed by atoms with Gasteiger partial charge in [0.1, 0.15) is 0 Å². The van der Waals surface area contributed by atoms with E-state index in [1.54, 1.807) is 7.05 Å². The van der Waals surface area contributed by atoms with Crippen LogP contribution in [0, 0.1) is 5.41 Å². The lowest BCUT2D eigenvalue weighted by Gasteiger charge is -2.36. The number of ether oxygens (including phenoxy) is 1. The topological polar surface area (TPSA) is 21.3 Å². The minimum atomic E-state index is -4.11. The Bertz CT molecular complexity index is 198. The fraction of sp³-hybridized carbons (Fsp3) is 1.00. The number of rotatable bonds is 5. The smallest absolute Gasteiger partial charge is 0.379 e. The van der Waals surface area contributed by atoms with Gasteiger partial charge in [0.15, 0.2) is 0 Å². The van der Waals surface area contributed by atoms with Crippen molar-refractivity contribution in [3.8, 4) is 0 Å². The van der Waals surface area contributed by atoms with Crippen LogP contribution in [0.15, 0.2) is 0 Å². The normalized spacial score (nSPS) is 17.2. The van der Waals surface area contributed by atoms with Crippen molar-refractivity contribution in [2.45, 2.75) is 51.9 Å². The van der Waals surface area contributed by atoms with E-state index in [4.69, 9.17) is 4.74 Å².